The summed E-state index contributed by atoms with van der Waals surface area (Å²) in [5, 5.41) is 1.27. The van der Waals surface area contributed by atoms with E-state index in [1.807, 2.05) is 18.4 Å². The maximum Gasteiger partial charge on any atom is 0.341 e. The highest BCUT2D eigenvalue weighted by molar-refractivity contribution is 7.98. The van der Waals surface area contributed by atoms with Gasteiger partial charge in [0.2, 0.25) is 5.89 Å². The molecule has 0 fully saturated rings. The number of carbonyl (C=O) groups is 1. The summed E-state index contributed by atoms with van der Waals surface area (Å²) in [5.41, 5.74) is 1.27. The number of ether oxygens (including phenoxy) is 1. The maximum atomic E-state index is 12.2. The number of hydrogen-bond donors (Lipinski definition) is 0. The summed E-state index contributed by atoms with van der Waals surface area (Å²) in [6, 6.07) is 10.6. The first-order valence-electron chi connectivity index (χ1n) is 7.04. The molecule has 0 unspecified atom stereocenters. The number of carbonyl (C=O) groups excluding carboxylic acids is 1. The van der Waals surface area contributed by atoms with Crippen molar-refractivity contribution in [2.45, 2.75) is 11.6 Å². The van der Waals surface area contributed by atoms with Crippen molar-refractivity contribution >= 4 is 29.3 Å². The van der Waals surface area contributed by atoms with Crippen molar-refractivity contribution in [1.29, 1.82) is 0 Å². The Morgan fingerprint density at radius 3 is 2.79 bits per heavy atom. The molecule has 3 rings (SSSR count). The van der Waals surface area contributed by atoms with Gasteiger partial charge in [-0.25, -0.2) is 14.8 Å². The van der Waals surface area contributed by atoms with Crippen molar-refractivity contribution in [2.24, 2.45) is 0 Å². The van der Waals surface area contributed by atoms with E-state index in [0.29, 0.717) is 27.3 Å². The fraction of sp³-hybridized carbons (Fsp3) is 0.118. The topological polar surface area (TPSA) is 65.2 Å². The summed E-state index contributed by atoms with van der Waals surface area (Å²) in [6.45, 7) is -0.0465. The van der Waals surface area contributed by atoms with Crippen LogP contribution >= 0.6 is 23.4 Å². The largest absolute Gasteiger partial charge is 0.452 e. The molecule has 3 aromatic rings. The van der Waals surface area contributed by atoms with Crippen molar-refractivity contribution in [3.8, 4) is 11.3 Å². The molecule has 0 N–H and O–H groups in total. The molecule has 1 aromatic carbocycles. The first-order chi connectivity index (χ1) is 11.7. The summed E-state index contributed by atoms with van der Waals surface area (Å²) in [4.78, 5) is 20.4. The van der Waals surface area contributed by atoms with Crippen LogP contribution in [0.2, 0.25) is 5.02 Å². The summed E-state index contributed by atoms with van der Waals surface area (Å²) in [7, 11) is 0. The van der Waals surface area contributed by atoms with E-state index in [2.05, 4.69) is 9.97 Å². The predicted octanol–water partition coefficient (Wildman–Crippen LogP) is 4.47. The Bertz CT molecular complexity index is 849. The zero-order valence-corrected chi connectivity index (χ0v) is 14.3. The molecule has 0 amide bonds. The molecule has 0 saturated carbocycles. The van der Waals surface area contributed by atoms with E-state index in [-0.39, 0.29) is 6.61 Å². The lowest BCUT2D eigenvalue weighted by molar-refractivity contribution is 0.0434. The van der Waals surface area contributed by atoms with Crippen molar-refractivity contribution in [3.63, 3.8) is 0 Å². The standard InChI is InChI=1S/C17H13ClN2O3S/c1-24-16-13(3-2-8-19-16)17(21)22-10-15-20-9-14(23-15)11-4-6-12(18)7-5-11/h2-9H,10H2,1H3. The monoisotopic (exact) mass is 360 g/mol. The summed E-state index contributed by atoms with van der Waals surface area (Å²) >= 11 is 7.25. The highest BCUT2D eigenvalue weighted by atomic mass is 35.5. The lowest BCUT2D eigenvalue weighted by Gasteiger charge is -2.05. The second kappa shape index (κ2) is 7.51. The second-order valence-corrected chi connectivity index (χ2v) is 5.99. The van der Waals surface area contributed by atoms with Crippen molar-refractivity contribution in [1.82, 2.24) is 9.97 Å². The molecule has 0 aliphatic heterocycles. The Balaban J connectivity index is 1.67. The number of nitrogens with zero attached hydrogens (tertiary/aromatic N) is 2. The lowest BCUT2D eigenvalue weighted by Crippen LogP contribution is -2.07. The van der Waals surface area contributed by atoms with Crippen LogP contribution in [0.5, 0.6) is 0 Å². The summed E-state index contributed by atoms with van der Waals surface area (Å²) in [6.07, 6.45) is 5.07. The zero-order chi connectivity index (χ0) is 16.9. The number of halogens is 1. The van der Waals surface area contributed by atoms with E-state index >= 15 is 0 Å². The smallest absolute Gasteiger partial charge is 0.341 e. The van der Waals surface area contributed by atoms with Crippen molar-refractivity contribution < 1.29 is 13.9 Å². The van der Waals surface area contributed by atoms with Crippen LogP contribution in [-0.2, 0) is 11.3 Å². The molecule has 5 nitrogen and oxygen atoms in total. The molecule has 0 bridgehead atoms. The SMILES string of the molecule is CSc1ncccc1C(=O)OCc1ncc(-c2ccc(Cl)cc2)o1. The normalized spacial score (nSPS) is 10.6. The molecule has 0 atom stereocenters. The molecule has 0 saturated heterocycles. The number of pyridine rings is 1. The van der Waals surface area contributed by atoms with Gasteiger partial charge < -0.3 is 9.15 Å². The van der Waals surface area contributed by atoms with Gasteiger partial charge in [-0.2, -0.15) is 0 Å². The zero-order valence-electron chi connectivity index (χ0n) is 12.7. The molecule has 2 aromatic heterocycles. The molecule has 7 heteroatoms. The van der Waals surface area contributed by atoms with Crippen molar-refractivity contribution in [3.05, 3.63) is 65.3 Å². The van der Waals surface area contributed by atoms with Gasteiger partial charge in [-0.1, -0.05) is 11.6 Å². The van der Waals surface area contributed by atoms with Gasteiger partial charge in [-0.3, -0.25) is 0 Å². The number of aromatic nitrogens is 2. The van der Waals surface area contributed by atoms with Crippen LogP contribution in [0.4, 0.5) is 0 Å². The minimum absolute atomic E-state index is 0.0465. The molecule has 0 aliphatic carbocycles. The first-order valence-corrected chi connectivity index (χ1v) is 8.64. The highest BCUT2D eigenvalue weighted by Gasteiger charge is 2.15. The maximum absolute atomic E-state index is 12.2. The third kappa shape index (κ3) is 3.77. The van der Waals surface area contributed by atoms with Crippen LogP contribution in [0.15, 0.2) is 58.2 Å². The Kier molecular flexibility index (Phi) is 5.17. The van der Waals surface area contributed by atoms with E-state index in [9.17, 15) is 4.79 Å². The number of oxazole rings is 1. The highest BCUT2D eigenvalue weighted by Crippen LogP contribution is 2.23. The van der Waals surface area contributed by atoms with Gasteiger partial charge in [-0.05, 0) is 42.7 Å². The number of esters is 1. The third-order valence-corrected chi connectivity index (χ3v) is 4.16. The number of hydrogen-bond acceptors (Lipinski definition) is 6. The number of thioether (sulfide) groups is 1. The van der Waals surface area contributed by atoms with Crippen LogP contribution < -0.4 is 0 Å². The fourth-order valence-corrected chi connectivity index (χ4v) is 2.70. The molecule has 0 aliphatic rings. The van der Waals surface area contributed by atoms with Gasteiger partial charge in [0.1, 0.15) is 5.03 Å². The summed E-state index contributed by atoms with van der Waals surface area (Å²) < 4.78 is 10.9. The van der Waals surface area contributed by atoms with Gasteiger partial charge in [0.25, 0.3) is 0 Å². The van der Waals surface area contributed by atoms with E-state index in [1.165, 1.54) is 11.8 Å². The van der Waals surface area contributed by atoms with Crippen LogP contribution in [0.25, 0.3) is 11.3 Å². The molecule has 0 radical (unpaired) electrons. The Morgan fingerprint density at radius 2 is 2.04 bits per heavy atom. The van der Waals surface area contributed by atoms with Crippen LogP contribution in [0.1, 0.15) is 16.2 Å². The Hall–Kier alpha value is -2.31. The van der Waals surface area contributed by atoms with E-state index in [0.717, 1.165) is 5.56 Å². The second-order valence-electron chi connectivity index (χ2n) is 4.76. The number of benzene rings is 1. The molecule has 24 heavy (non-hydrogen) atoms. The van der Waals surface area contributed by atoms with Crippen LogP contribution in [0, 0.1) is 0 Å². The minimum atomic E-state index is -0.460. The van der Waals surface area contributed by atoms with Gasteiger partial charge in [0.15, 0.2) is 12.4 Å². The van der Waals surface area contributed by atoms with E-state index < -0.39 is 5.97 Å². The fourth-order valence-electron chi connectivity index (χ4n) is 2.04. The van der Waals surface area contributed by atoms with Gasteiger partial charge >= 0.3 is 5.97 Å². The molecular weight excluding hydrogens is 348 g/mol. The Labute approximate surface area is 148 Å². The average Bonchev–Trinajstić information content (AvgIpc) is 3.09. The Morgan fingerprint density at radius 1 is 1.25 bits per heavy atom. The van der Waals surface area contributed by atoms with Gasteiger partial charge in [0, 0.05) is 16.8 Å². The quantitative estimate of drug-likeness (QED) is 0.494. The summed E-state index contributed by atoms with van der Waals surface area (Å²) in [5.74, 6) is 0.450. The first kappa shape index (κ1) is 16.5. The van der Waals surface area contributed by atoms with Crippen LogP contribution in [0.3, 0.4) is 0 Å². The van der Waals surface area contributed by atoms with Gasteiger partial charge in [0.05, 0.1) is 11.8 Å². The van der Waals surface area contributed by atoms with Crippen LogP contribution in [-0.4, -0.2) is 22.2 Å². The molecule has 0 spiro atoms. The van der Waals surface area contributed by atoms with Gasteiger partial charge in [-0.15, -0.1) is 11.8 Å². The predicted molar refractivity (Wildman–Crippen MR) is 92.1 cm³/mol. The number of rotatable bonds is 5. The lowest BCUT2D eigenvalue weighted by atomic mass is 10.2. The van der Waals surface area contributed by atoms with E-state index in [1.54, 1.807) is 36.7 Å². The molecule has 122 valence electrons. The van der Waals surface area contributed by atoms with Crippen molar-refractivity contribution in [2.75, 3.05) is 6.26 Å². The third-order valence-electron chi connectivity index (χ3n) is 3.19. The minimum Gasteiger partial charge on any atom is -0.452 e. The average molecular weight is 361 g/mol. The van der Waals surface area contributed by atoms with E-state index in [4.69, 9.17) is 20.8 Å². The molecular formula is C17H13ClN2O3S. The molecule has 2 heterocycles.